The molecule has 1 saturated heterocycles. The van der Waals surface area contributed by atoms with E-state index in [2.05, 4.69) is 35.2 Å². The molecule has 1 atom stereocenters. The van der Waals surface area contributed by atoms with Gasteiger partial charge < -0.3 is 4.90 Å². The molecule has 1 unspecified atom stereocenters. The highest BCUT2D eigenvalue weighted by Gasteiger charge is 2.26. The average Bonchev–Trinajstić information content (AvgIpc) is 2.84. The molecule has 0 N–H and O–H groups in total. The lowest BCUT2D eigenvalue weighted by atomic mass is 9.89. The summed E-state index contributed by atoms with van der Waals surface area (Å²) in [5.41, 5.74) is 1.24. The molecule has 0 aliphatic carbocycles. The lowest BCUT2D eigenvalue weighted by Crippen LogP contribution is -2.28. The fourth-order valence-electron chi connectivity index (χ4n) is 2.67. The minimum Gasteiger partial charge on any atom is -0.302 e. The molecule has 0 bridgehead atoms. The van der Waals surface area contributed by atoms with Gasteiger partial charge in [0.15, 0.2) is 0 Å². The van der Waals surface area contributed by atoms with Crippen LogP contribution in [-0.2, 0) is 4.79 Å². The number of hydrogen-bond donors (Lipinski definition) is 0. The van der Waals surface area contributed by atoms with Crippen LogP contribution in [0.25, 0.3) is 0 Å². The molecule has 1 aromatic carbocycles. The molecule has 2 nitrogen and oxygen atoms in total. The van der Waals surface area contributed by atoms with Crippen LogP contribution < -0.4 is 0 Å². The zero-order valence-corrected chi connectivity index (χ0v) is 12.4. The zero-order valence-electron chi connectivity index (χ0n) is 12.4. The van der Waals surface area contributed by atoms with E-state index in [4.69, 9.17) is 0 Å². The minimum absolute atomic E-state index is 0.196. The fourth-order valence-corrected chi connectivity index (χ4v) is 2.67. The van der Waals surface area contributed by atoms with Crippen molar-refractivity contribution in [3.63, 3.8) is 0 Å². The highest BCUT2D eigenvalue weighted by atomic mass is 16.1. The maximum Gasteiger partial charge on any atom is 0.139 e. The predicted octanol–water partition coefficient (Wildman–Crippen LogP) is 3.48. The van der Waals surface area contributed by atoms with Crippen molar-refractivity contribution >= 4 is 5.78 Å². The number of nitrogens with zero attached hydrogens (tertiary/aromatic N) is 1. The molecule has 104 valence electrons. The van der Waals surface area contributed by atoms with Crippen LogP contribution in [0.5, 0.6) is 0 Å². The topological polar surface area (TPSA) is 20.3 Å². The number of carbonyl (C=O) groups is 1. The second kappa shape index (κ2) is 5.87. The largest absolute Gasteiger partial charge is 0.302 e. The molecule has 1 heterocycles. The van der Waals surface area contributed by atoms with E-state index in [9.17, 15) is 4.79 Å². The molecule has 0 aromatic heterocycles. The Morgan fingerprint density at radius 2 is 1.95 bits per heavy atom. The van der Waals surface area contributed by atoms with Crippen LogP contribution in [0.15, 0.2) is 30.3 Å². The third-order valence-corrected chi connectivity index (χ3v) is 4.03. The van der Waals surface area contributed by atoms with Crippen molar-refractivity contribution in [2.75, 3.05) is 19.6 Å². The van der Waals surface area contributed by atoms with Crippen molar-refractivity contribution in [3.05, 3.63) is 35.9 Å². The van der Waals surface area contributed by atoms with Crippen LogP contribution in [0.1, 0.15) is 45.1 Å². The van der Waals surface area contributed by atoms with Crippen LogP contribution in [0.4, 0.5) is 0 Å². The Morgan fingerprint density at radius 1 is 1.26 bits per heavy atom. The smallest absolute Gasteiger partial charge is 0.139 e. The van der Waals surface area contributed by atoms with Crippen LogP contribution in [-0.4, -0.2) is 30.3 Å². The summed E-state index contributed by atoms with van der Waals surface area (Å²) in [6.07, 6.45) is 1.90. The number of hydrogen-bond acceptors (Lipinski definition) is 2. The molecule has 2 heteroatoms. The van der Waals surface area contributed by atoms with Gasteiger partial charge in [-0.15, -0.1) is 0 Å². The third kappa shape index (κ3) is 3.90. The summed E-state index contributed by atoms with van der Waals surface area (Å²) in [6, 6.07) is 10.7. The summed E-state index contributed by atoms with van der Waals surface area (Å²) in [6.45, 7) is 9.15. The highest BCUT2D eigenvalue weighted by Crippen LogP contribution is 2.27. The quantitative estimate of drug-likeness (QED) is 0.825. The van der Waals surface area contributed by atoms with E-state index in [0.717, 1.165) is 19.6 Å². The summed E-state index contributed by atoms with van der Waals surface area (Å²) in [5, 5.41) is 0. The van der Waals surface area contributed by atoms with Gasteiger partial charge in [-0.05, 0) is 24.4 Å². The summed E-state index contributed by atoms with van der Waals surface area (Å²) >= 11 is 0. The maximum atomic E-state index is 11.9. The molecule has 0 amide bonds. The first-order chi connectivity index (χ1) is 8.97. The molecular weight excluding hydrogens is 234 g/mol. The first-order valence-corrected chi connectivity index (χ1v) is 7.27. The molecule has 1 aromatic rings. The van der Waals surface area contributed by atoms with Crippen molar-refractivity contribution in [1.82, 2.24) is 4.90 Å². The Morgan fingerprint density at radius 3 is 2.58 bits per heavy atom. The van der Waals surface area contributed by atoms with Gasteiger partial charge in [0, 0.05) is 24.9 Å². The fraction of sp³-hybridized carbons (Fsp3) is 0.588. The van der Waals surface area contributed by atoms with Gasteiger partial charge in [-0.2, -0.15) is 0 Å². The normalized spacial score (nSPS) is 20.7. The monoisotopic (exact) mass is 259 g/mol. The Bertz CT molecular complexity index is 419. The van der Waals surface area contributed by atoms with Crippen LogP contribution >= 0.6 is 0 Å². The SMILES string of the molecule is CC(C)(C)C(=O)CCN1CCC(c2ccccc2)C1. The molecule has 1 aliphatic heterocycles. The summed E-state index contributed by atoms with van der Waals surface area (Å²) in [7, 11) is 0. The van der Waals surface area contributed by atoms with Gasteiger partial charge in [0.1, 0.15) is 5.78 Å². The number of Topliss-reactive ketones (excluding diaryl/α,β-unsaturated/α-hetero) is 1. The predicted molar refractivity (Wildman–Crippen MR) is 79.3 cm³/mol. The third-order valence-electron chi connectivity index (χ3n) is 4.03. The standard InChI is InChI=1S/C17H25NO/c1-17(2,3)16(19)10-12-18-11-9-15(13-18)14-7-5-4-6-8-14/h4-8,15H,9-13H2,1-3H3. The first-order valence-electron chi connectivity index (χ1n) is 7.27. The van der Waals surface area contributed by atoms with Crippen molar-refractivity contribution in [3.8, 4) is 0 Å². The Balaban J connectivity index is 1.82. The summed E-state index contributed by atoms with van der Waals surface area (Å²) in [4.78, 5) is 14.4. The first kappa shape index (κ1) is 14.3. The van der Waals surface area contributed by atoms with E-state index >= 15 is 0 Å². The summed E-state index contributed by atoms with van der Waals surface area (Å²) < 4.78 is 0. The van der Waals surface area contributed by atoms with E-state index in [0.29, 0.717) is 18.1 Å². The average molecular weight is 259 g/mol. The summed E-state index contributed by atoms with van der Waals surface area (Å²) in [5.74, 6) is 1.02. The van der Waals surface area contributed by atoms with Crippen LogP contribution in [0, 0.1) is 5.41 Å². The number of likely N-dealkylation sites (tertiary alicyclic amines) is 1. The van der Waals surface area contributed by atoms with E-state index in [1.165, 1.54) is 12.0 Å². The number of ketones is 1. The van der Waals surface area contributed by atoms with Gasteiger partial charge in [0.05, 0.1) is 0 Å². The van der Waals surface area contributed by atoms with Crippen LogP contribution in [0.2, 0.25) is 0 Å². The zero-order chi connectivity index (χ0) is 13.9. The lowest BCUT2D eigenvalue weighted by Gasteiger charge is -2.20. The molecule has 2 rings (SSSR count). The lowest BCUT2D eigenvalue weighted by molar-refractivity contribution is -0.126. The van der Waals surface area contributed by atoms with Gasteiger partial charge in [-0.3, -0.25) is 4.79 Å². The Labute approximate surface area is 116 Å². The van der Waals surface area contributed by atoms with Crippen LogP contribution in [0.3, 0.4) is 0 Å². The second-order valence-corrected chi connectivity index (χ2v) is 6.62. The minimum atomic E-state index is -0.196. The second-order valence-electron chi connectivity index (χ2n) is 6.62. The molecule has 1 fully saturated rings. The molecule has 0 spiro atoms. The van der Waals surface area contributed by atoms with E-state index in [1.54, 1.807) is 0 Å². The maximum absolute atomic E-state index is 11.9. The number of benzene rings is 1. The van der Waals surface area contributed by atoms with E-state index in [1.807, 2.05) is 20.8 Å². The van der Waals surface area contributed by atoms with Gasteiger partial charge in [-0.25, -0.2) is 0 Å². The van der Waals surface area contributed by atoms with Gasteiger partial charge >= 0.3 is 0 Å². The van der Waals surface area contributed by atoms with E-state index in [-0.39, 0.29) is 5.41 Å². The molecule has 1 aliphatic rings. The van der Waals surface area contributed by atoms with Gasteiger partial charge in [0.25, 0.3) is 0 Å². The van der Waals surface area contributed by atoms with Crippen molar-refractivity contribution in [2.45, 2.75) is 39.5 Å². The van der Waals surface area contributed by atoms with Crippen molar-refractivity contribution < 1.29 is 4.79 Å². The molecule has 0 radical (unpaired) electrons. The Kier molecular flexibility index (Phi) is 4.41. The molecule has 19 heavy (non-hydrogen) atoms. The highest BCUT2D eigenvalue weighted by molar-refractivity contribution is 5.83. The number of carbonyl (C=O) groups excluding carboxylic acids is 1. The number of rotatable bonds is 4. The van der Waals surface area contributed by atoms with Crippen molar-refractivity contribution in [1.29, 1.82) is 0 Å². The van der Waals surface area contributed by atoms with E-state index < -0.39 is 0 Å². The Hall–Kier alpha value is -1.15. The van der Waals surface area contributed by atoms with Crippen molar-refractivity contribution in [2.24, 2.45) is 5.41 Å². The molecule has 0 saturated carbocycles. The van der Waals surface area contributed by atoms with Gasteiger partial charge in [0.2, 0.25) is 0 Å². The van der Waals surface area contributed by atoms with Gasteiger partial charge in [-0.1, -0.05) is 51.1 Å². The molecular formula is C17H25NO.